The predicted octanol–water partition coefficient (Wildman–Crippen LogP) is 3.81. The Morgan fingerprint density at radius 2 is 2.00 bits per heavy atom. The van der Waals surface area contributed by atoms with Gasteiger partial charge in [-0.15, -0.1) is 0 Å². The normalized spacial score (nSPS) is 14.8. The van der Waals surface area contributed by atoms with Crippen molar-refractivity contribution in [1.82, 2.24) is 0 Å². The molecule has 0 aliphatic carbocycles. The Kier molecular flexibility index (Phi) is 5.56. The van der Waals surface area contributed by atoms with Crippen LogP contribution in [0.4, 0.5) is 0 Å². The van der Waals surface area contributed by atoms with E-state index in [1.807, 2.05) is 13.0 Å². The summed E-state index contributed by atoms with van der Waals surface area (Å²) in [5, 5.41) is 1.33. The number of nitrogens with two attached hydrogens (primary N) is 1. The van der Waals surface area contributed by atoms with Crippen molar-refractivity contribution in [3.63, 3.8) is 0 Å². The second-order valence-electron chi connectivity index (χ2n) is 3.90. The van der Waals surface area contributed by atoms with Crippen molar-refractivity contribution < 1.29 is 4.74 Å². The lowest BCUT2D eigenvalue weighted by Gasteiger charge is -2.16. The fourth-order valence-corrected chi connectivity index (χ4v) is 1.92. The van der Waals surface area contributed by atoms with Crippen LogP contribution in [0, 0.1) is 0 Å². The Balaban J connectivity index is 2.65. The topological polar surface area (TPSA) is 35.2 Å². The summed E-state index contributed by atoms with van der Waals surface area (Å²) in [5.41, 5.74) is 6.97. The van der Waals surface area contributed by atoms with Crippen LogP contribution in [0.1, 0.15) is 31.4 Å². The van der Waals surface area contributed by atoms with Crippen LogP contribution in [0.25, 0.3) is 0 Å². The van der Waals surface area contributed by atoms with Crippen LogP contribution in [-0.2, 0) is 4.74 Å². The molecule has 0 aliphatic heterocycles. The molecule has 0 aliphatic rings. The van der Waals surface area contributed by atoms with E-state index in [2.05, 4.69) is 0 Å². The van der Waals surface area contributed by atoms with E-state index < -0.39 is 0 Å². The second kappa shape index (κ2) is 6.45. The lowest BCUT2D eigenvalue weighted by molar-refractivity contribution is 0.107. The zero-order chi connectivity index (χ0) is 12.1. The molecule has 1 rings (SSSR count). The summed E-state index contributed by atoms with van der Waals surface area (Å²) < 4.78 is 5.18. The highest BCUT2D eigenvalue weighted by molar-refractivity contribution is 6.33. The average molecular weight is 262 g/mol. The summed E-state index contributed by atoms with van der Waals surface area (Å²) in [4.78, 5) is 0. The van der Waals surface area contributed by atoms with Gasteiger partial charge in [0.25, 0.3) is 0 Å². The maximum atomic E-state index is 6.07. The summed E-state index contributed by atoms with van der Waals surface area (Å²) in [7, 11) is 1.70. The maximum absolute atomic E-state index is 6.07. The van der Waals surface area contributed by atoms with E-state index in [-0.39, 0.29) is 12.1 Å². The number of hydrogen-bond donors (Lipinski definition) is 1. The van der Waals surface area contributed by atoms with Gasteiger partial charge in [0.2, 0.25) is 0 Å². The van der Waals surface area contributed by atoms with Crippen LogP contribution in [0.2, 0.25) is 10.0 Å². The summed E-state index contributed by atoms with van der Waals surface area (Å²) >= 11 is 12.0. The number of ether oxygens (including phenoxy) is 1. The van der Waals surface area contributed by atoms with Gasteiger partial charge in [-0.3, -0.25) is 0 Å². The number of halogens is 2. The van der Waals surface area contributed by atoms with E-state index >= 15 is 0 Å². The fourth-order valence-electron chi connectivity index (χ4n) is 1.49. The molecule has 1 aromatic carbocycles. The lowest BCUT2D eigenvalue weighted by atomic mass is 10.0. The van der Waals surface area contributed by atoms with Crippen molar-refractivity contribution in [3.05, 3.63) is 33.8 Å². The molecule has 0 fully saturated rings. The molecule has 0 aromatic heterocycles. The molecule has 2 unspecified atom stereocenters. The third-order valence-electron chi connectivity index (χ3n) is 2.64. The highest BCUT2D eigenvalue weighted by Gasteiger charge is 2.12. The Hall–Kier alpha value is -0.280. The van der Waals surface area contributed by atoms with Gasteiger partial charge in [-0.05, 0) is 43.5 Å². The van der Waals surface area contributed by atoms with Crippen LogP contribution in [0.15, 0.2) is 18.2 Å². The minimum absolute atomic E-state index is 0.0937. The van der Waals surface area contributed by atoms with E-state index in [0.717, 1.165) is 18.4 Å². The molecule has 2 N–H and O–H groups in total. The number of rotatable bonds is 5. The van der Waals surface area contributed by atoms with Crippen molar-refractivity contribution >= 4 is 23.2 Å². The van der Waals surface area contributed by atoms with Crippen LogP contribution in [0.5, 0.6) is 0 Å². The Morgan fingerprint density at radius 1 is 1.31 bits per heavy atom. The van der Waals surface area contributed by atoms with Gasteiger partial charge in [0.1, 0.15) is 0 Å². The van der Waals surface area contributed by atoms with Crippen LogP contribution in [0.3, 0.4) is 0 Å². The minimum atomic E-state index is -0.0937. The first kappa shape index (κ1) is 13.8. The average Bonchev–Trinajstić information content (AvgIpc) is 2.28. The highest BCUT2D eigenvalue weighted by Crippen LogP contribution is 2.27. The molecule has 2 nitrogen and oxygen atoms in total. The van der Waals surface area contributed by atoms with E-state index in [0.29, 0.717) is 10.0 Å². The van der Waals surface area contributed by atoms with Crippen LogP contribution in [-0.4, -0.2) is 13.2 Å². The summed E-state index contributed by atoms with van der Waals surface area (Å²) in [6.07, 6.45) is 1.94. The van der Waals surface area contributed by atoms with Gasteiger partial charge in [-0.25, -0.2) is 0 Å². The van der Waals surface area contributed by atoms with Gasteiger partial charge in [-0.1, -0.05) is 23.2 Å². The molecule has 0 saturated heterocycles. The molecule has 0 bridgehead atoms. The molecule has 0 heterocycles. The van der Waals surface area contributed by atoms with Crippen LogP contribution < -0.4 is 5.73 Å². The molecule has 2 atom stereocenters. The standard InChI is InChI=1S/C12H17Cl2NO/c1-8(16-2)3-6-12(15)10-7-9(13)4-5-11(10)14/h4-5,7-8,12H,3,6,15H2,1-2H3. The summed E-state index contributed by atoms with van der Waals surface area (Å²) in [5.74, 6) is 0. The van der Waals surface area contributed by atoms with E-state index in [9.17, 15) is 0 Å². The number of benzene rings is 1. The van der Waals surface area contributed by atoms with Crippen molar-refractivity contribution in [2.24, 2.45) is 5.73 Å². The van der Waals surface area contributed by atoms with Gasteiger partial charge in [0.05, 0.1) is 6.10 Å². The first-order valence-electron chi connectivity index (χ1n) is 5.28. The largest absolute Gasteiger partial charge is 0.382 e. The van der Waals surface area contributed by atoms with E-state index in [1.165, 1.54) is 0 Å². The predicted molar refractivity (Wildman–Crippen MR) is 69.1 cm³/mol. The number of methoxy groups -OCH3 is 1. The molecular formula is C12H17Cl2NO. The third kappa shape index (κ3) is 3.95. The monoisotopic (exact) mass is 261 g/mol. The van der Waals surface area contributed by atoms with Gasteiger partial charge in [0.15, 0.2) is 0 Å². The van der Waals surface area contributed by atoms with Crippen molar-refractivity contribution in [2.75, 3.05) is 7.11 Å². The first-order valence-corrected chi connectivity index (χ1v) is 6.03. The Labute approximate surface area is 107 Å². The van der Waals surface area contributed by atoms with E-state index in [1.54, 1.807) is 19.2 Å². The zero-order valence-electron chi connectivity index (χ0n) is 9.54. The second-order valence-corrected chi connectivity index (χ2v) is 4.74. The molecule has 90 valence electrons. The van der Waals surface area contributed by atoms with Crippen LogP contribution >= 0.6 is 23.2 Å². The van der Waals surface area contributed by atoms with E-state index in [4.69, 9.17) is 33.7 Å². The molecule has 16 heavy (non-hydrogen) atoms. The minimum Gasteiger partial charge on any atom is -0.382 e. The summed E-state index contributed by atoms with van der Waals surface area (Å²) in [6, 6.07) is 5.27. The van der Waals surface area contributed by atoms with Crippen molar-refractivity contribution in [3.8, 4) is 0 Å². The number of hydrogen-bond acceptors (Lipinski definition) is 2. The van der Waals surface area contributed by atoms with Gasteiger partial charge in [0, 0.05) is 23.2 Å². The maximum Gasteiger partial charge on any atom is 0.0543 e. The molecular weight excluding hydrogens is 245 g/mol. The Bertz CT molecular complexity index is 344. The Morgan fingerprint density at radius 3 is 2.62 bits per heavy atom. The smallest absolute Gasteiger partial charge is 0.0543 e. The van der Waals surface area contributed by atoms with Gasteiger partial charge in [-0.2, -0.15) is 0 Å². The summed E-state index contributed by atoms with van der Waals surface area (Å²) in [6.45, 7) is 2.02. The molecule has 0 amide bonds. The van der Waals surface area contributed by atoms with Crippen molar-refractivity contribution in [2.45, 2.75) is 31.9 Å². The lowest BCUT2D eigenvalue weighted by Crippen LogP contribution is -2.14. The SMILES string of the molecule is COC(C)CCC(N)c1cc(Cl)ccc1Cl. The third-order valence-corrected chi connectivity index (χ3v) is 3.22. The quantitative estimate of drug-likeness (QED) is 0.875. The molecule has 0 saturated carbocycles. The highest BCUT2D eigenvalue weighted by atomic mass is 35.5. The molecule has 1 aromatic rings. The molecule has 4 heteroatoms. The molecule has 0 spiro atoms. The first-order chi connectivity index (χ1) is 7.54. The fraction of sp³-hybridized carbons (Fsp3) is 0.500. The van der Waals surface area contributed by atoms with Gasteiger partial charge < -0.3 is 10.5 Å². The van der Waals surface area contributed by atoms with Gasteiger partial charge >= 0.3 is 0 Å². The zero-order valence-corrected chi connectivity index (χ0v) is 11.1. The van der Waals surface area contributed by atoms with Crippen molar-refractivity contribution in [1.29, 1.82) is 0 Å². The molecule has 0 radical (unpaired) electrons.